The topological polar surface area (TPSA) is 75.9 Å². The minimum atomic E-state index is -0.217. The maximum atomic E-state index is 13.4. The number of thioether (sulfide) groups is 1. The number of carbonyl (C=O) groups is 1. The number of ether oxygens (including phenoxy) is 1. The summed E-state index contributed by atoms with van der Waals surface area (Å²) in [6.07, 6.45) is 9.74. The molecule has 3 rings (SSSR count). The van der Waals surface area contributed by atoms with Gasteiger partial charge in [-0.25, -0.2) is 4.98 Å². The number of pyridine rings is 1. The molecule has 0 saturated carbocycles. The standard InChI is InChI=1S/C25H34N4O3S2/c1-4-6-7-8-9-14-28-24(31)20(34-25(28)33)16-19-22(26-13-10-15-32-5-2)27-21-12-11-18(3)17-29(21)23(19)30/h11-12,16-17,26H,4-10,13-15H2,1-3H3/b20-16+. The van der Waals surface area contributed by atoms with Crippen LogP contribution in [0, 0.1) is 6.92 Å². The van der Waals surface area contributed by atoms with Gasteiger partial charge in [0.1, 0.15) is 15.8 Å². The number of rotatable bonds is 13. The van der Waals surface area contributed by atoms with E-state index in [1.54, 1.807) is 17.2 Å². The van der Waals surface area contributed by atoms with Crippen LogP contribution in [0.2, 0.25) is 0 Å². The molecule has 1 aliphatic heterocycles. The summed E-state index contributed by atoms with van der Waals surface area (Å²) in [5.41, 5.74) is 1.66. The third-order valence-electron chi connectivity index (χ3n) is 5.60. The van der Waals surface area contributed by atoms with E-state index in [0.717, 1.165) is 24.8 Å². The molecule has 7 nitrogen and oxygen atoms in total. The smallest absolute Gasteiger partial charge is 0.267 e. The zero-order valence-electron chi connectivity index (χ0n) is 20.3. The Bertz CT molecular complexity index is 1110. The quantitative estimate of drug-likeness (QED) is 0.234. The van der Waals surface area contributed by atoms with Gasteiger partial charge in [0.2, 0.25) is 0 Å². The predicted molar refractivity (Wildman–Crippen MR) is 144 cm³/mol. The summed E-state index contributed by atoms with van der Waals surface area (Å²) in [6, 6.07) is 3.75. The average molecular weight is 503 g/mol. The fourth-order valence-electron chi connectivity index (χ4n) is 3.75. The van der Waals surface area contributed by atoms with Crippen molar-refractivity contribution in [3.8, 4) is 0 Å². The van der Waals surface area contributed by atoms with Crippen molar-refractivity contribution < 1.29 is 9.53 Å². The highest BCUT2D eigenvalue weighted by Gasteiger charge is 2.32. The number of thiocarbonyl (C=S) groups is 1. The molecule has 0 aromatic carbocycles. The van der Waals surface area contributed by atoms with Crippen LogP contribution in [0.15, 0.2) is 28.0 Å². The summed E-state index contributed by atoms with van der Waals surface area (Å²) >= 11 is 6.73. The highest BCUT2D eigenvalue weighted by atomic mass is 32.2. The van der Waals surface area contributed by atoms with Crippen molar-refractivity contribution in [1.82, 2.24) is 14.3 Å². The number of unbranched alkanes of at least 4 members (excludes halogenated alkanes) is 4. The van der Waals surface area contributed by atoms with E-state index < -0.39 is 0 Å². The first kappa shape index (κ1) is 26.4. The van der Waals surface area contributed by atoms with Crippen LogP contribution in [0.25, 0.3) is 11.7 Å². The third kappa shape index (κ3) is 6.67. The molecule has 0 atom stereocenters. The summed E-state index contributed by atoms with van der Waals surface area (Å²) in [4.78, 5) is 33.3. The molecule has 1 fully saturated rings. The highest BCUT2D eigenvalue weighted by Crippen LogP contribution is 2.33. The van der Waals surface area contributed by atoms with Crippen LogP contribution in [0.5, 0.6) is 0 Å². The van der Waals surface area contributed by atoms with Gasteiger partial charge in [0.25, 0.3) is 11.5 Å². The summed E-state index contributed by atoms with van der Waals surface area (Å²) in [5, 5.41) is 3.27. The Kier molecular flexibility index (Phi) is 10.1. The largest absolute Gasteiger partial charge is 0.382 e. The highest BCUT2D eigenvalue weighted by molar-refractivity contribution is 8.26. The van der Waals surface area contributed by atoms with Crippen molar-refractivity contribution in [3.63, 3.8) is 0 Å². The molecule has 0 radical (unpaired) electrons. The zero-order chi connectivity index (χ0) is 24.5. The van der Waals surface area contributed by atoms with E-state index in [1.165, 1.54) is 35.4 Å². The fourth-order valence-corrected chi connectivity index (χ4v) is 5.04. The van der Waals surface area contributed by atoms with Crippen molar-refractivity contribution in [3.05, 3.63) is 44.7 Å². The second-order valence-electron chi connectivity index (χ2n) is 8.34. The number of hydrogen-bond acceptors (Lipinski definition) is 7. The lowest BCUT2D eigenvalue weighted by Crippen LogP contribution is -2.29. The van der Waals surface area contributed by atoms with Gasteiger partial charge in [0, 0.05) is 32.5 Å². The van der Waals surface area contributed by atoms with E-state index in [4.69, 9.17) is 17.0 Å². The molecule has 1 aliphatic rings. The van der Waals surface area contributed by atoms with E-state index >= 15 is 0 Å². The van der Waals surface area contributed by atoms with Crippen LogP contribution in [0.1, 0.15) is 63.5 Å². The van der Waals surface area contributed by atoms with Gasteiger partial charge in [0.15, 0.2) is 0 Å². The Morgan fingerprint density at radius 1 is 1.15 bits per heavy atom. The Morgan fingerprint density at radius 3 is 2.71 bits per heavy atom. The van der Waals surface area contributed by atoms with Crippen LogP contribution < -0.4 is 10.9 Å². The maximum absolute atomic E-state index is 13.4. The number of nitrogens with one attached hydrogen (secondary N) is 1. The Labute approximate surface area is 211 Å². The van der Waals surface area contributed by atoms with Crippen molar-refractivity contribution in [1.29, 1.82) is 0 Å². The molecule has 0 unspecified atom stereocenters. The monoisotopic (exact) mass is 502 g/mol. The molecular formula is C25H34N4O3S2. The normalized spacial score (nSPS) is 15.1. The van der Waals surface area contributed by atoms with E-state index in [0.29, 0.717) is 52.6 Å². The van der Waals surface area contributed by atoms with Crippen LogP contribution in [0.3, 0.4) is 0 Å². The molecule has 2 aromatic rings. The molecule has 1 amide bonds. The van der Waals surface area contributed by atoms with Gasteiger partial charge in [-0.2, -0.15) is 0 Å². The number of nitrogens with zero attached hydrogens (tertiary/aromatic N) is 3. The maximum Gasteiger partial charge on any atom is 0.267 e. The molecule has 3 heterocycles. The van der Waals surface area contributed by atoms with Crippen molar-refractivity contribution >= 4 is 51.7 Å². The minimum Gasteiger partial charge on any atom is -0.382 e. The first-order chi connectivity index (χ1) is 16.5. The van der Waals surface area contributed by atoms with Crippen LogP contribution in [-0.2, 0) is 9.53 Å². The van der Waals surface area contributed by atoms with Crippen LogP contribution >= 0.6 is 24.0 Å². The fraction of sp³-hybridized carbons (Fsp3) is 0.520. The lowest BCUT2D eigenvalue weighted by atomic mass is 10.1. The number of aromatic nitrogens is 2. The number of fused-ring (bicyclic) bond motifs is 1. The van der Waals surface area contributed by atoms with E-state index in [1.807, 2.05) is 26.0 Å². The molecule has 0 bridgehead atoms. The van der Waals surface area contributed by atoms with Crippen LogP contribution in [0.4, 0.5) is 5.82 Å². The van der Waals surface area contributed by atoms with Crippen LogP contribution in [-0.4, -0.2) is 50.8 Å². The van der Waals surface area contributed by atoms with E-state index in [2.05, 4.69) is 17.2 Å². The third-order valence-corrected chi connectivity index (χ3v) is 6.98. The molecule has 9 heteroatoms. The number of anilines is 1. The second kappa shape index (κ2) is 13.0. The Balaban J connectivity index is 1.87. The van der Waals surface area contributed by atoms with E-state index in [-0.39, 0.29) is 11.5 Å². The number of carbonyl (C=O) groups excluding carboxylic acids is 1. The van der Waals surface area contributed by atoms with Crippen molar-refractivity contribution in [2.24, 2.45) is 0 Å². The Morgan fingerprint density at radius 2 is 1.94 bits per heavy atom. The summed E-state index contributed by atoms with van der Waals surface area (Å²) in [6.45, 7) is 8.58. The van der Waals surface area contributed by atoms with Gasteiger partial charge in [-0.15, -0.1) is 0 Å². The molecule has 2 aromatic heterocycles. The SMILES string of the molecule is CCCCCCCN1C(=O)/C(=C\c2c(NCCCOCC)nc3ccc(C)cn3c2=O)SC1=S. The van der Waals surface area contributed by atoms with Gasteiger partial charge in [-0.1, -0.05) is 62.7 Å². The van der Waals surface area contributed by atoms with Gasteiger partial charge >= 0.3 is 0 Å². The zero-order valence-corrected chi connectivity index (χ0v) is 21.9. The molecule has 0 aliphatic carbocycles. The van der Waals surface area contributed by atoms with Gasteiger partial charge in [-0.3, -0.25) is 18.9 Å². The molecule has 1 saturated heterocycles. The Hall–Kier alpha value is -2.23. The molecular weight excluding hydrogens is 468 g/mol. The predicted octanol–water partition coefficient (Wildman–Crippen LogP) is 5.01. The number of hydrogen-bond donors (Lipinski definition) is 1. The van der Waals surface area contributed by atoms with Gasteiger partial charge < -0.3 is 10.1 Å². The first-order valence-corrected chi connectivity index (χ1v) is 13.3. The minimum absolute atomic E-state index is 0.137. The lowest BCUT2D eigenvalue weighted by molar-refractivity contribution is -0.122. The molecule has 184 valence electrons. The summed E-state index contributed by atoms with van der Waals surface area (Å²) in [5.74, 6) is 0.330. The average Bonchev–Trinajstić information content (AvgIpc) is 3.08. The van der Waals surface area contributed by atoms with E-state index in [9.17, 15) is 9.59 Å². The van der Waals surface area contributed by atoms with Gasteiger partial charge in [-0.05, 0) is 44.4 Å². The number of aryl methyl sites for hydroxylation is 1. The van der Waals surface area contributed by atoms with Crippen molar-refractivity contribution in [2.45, 2.75) is 59.3 Å². The van der Waals surface area contributed by atoms with Gasteiger partial charge in [0.05, 0.1) is 10.5 Å². The second-order valence-corrected chi connectivity index (χ2v) is 10.0. The summed E-state index contributed by atoms with van der Waals surface area (Å²) in [7, 11) is 0. The van der Waals surface area contributed by atoms with Crippen molar-refractivity contribution in [2.75, 3.05) is 31.6 Å². The molecule has 34 heavy (non-hydrogen) atoms. The first-order valence-electron chi connectivity index (χ1n) is 12.1. The molecule has 0 spiro atoms. The lowest BCUT2D eigenvalue weighted by Gasteiger charge is -2.14. The molecule has 1 N–H and O–H groups in total. The summed E-state index contributed by atoms with van der Waals surface area (Å²) < 4.78 is 7.47. The number of amides is 1.